The highest BCUT2D eigenvalue weighted by Crippen LogP contribution is 2.21. The molecule has 0 spiro atoms. The van der Waals surface area contributed by atoms with Crippen molar-refractivity contribution in [2.75, 3.05) is 4.72 Å². The Morgan fingerprint density at radius 2 is 1.48 bits per heavy atom. The molecule has 0 saturated heterocycles. The SMILES string of the molecule is CCCc1ccc(S(=O)(=O)Nc2cccc(S(=O)(=O)NC(C)(C)C)c2)cc1. The van der Waals surface area contributed by atoms with E-state index in [2.05, 4.69) is 16.4 Å². The van der Waals surface area contributed by atoms with Crippen LogP contribution in [0.5, 0.6) is 0 Å². The molecule has 2 N–H and O–H groups in total. The summed E-state index contributed by atoms with van der Waals surface area (Å²) in [5.41, 5.74) is 0.608. The molecule has 148 valence electrons. The largest absolute Gasteiger partial charge is 0.280 e. The van der Waals surface area contributed by atoms with E-state index in [1.165, 1.54) is 24.3 Å². The molecule has 0 radical (unpaired) electrons. The Balaban J connectivity index is 2.27. The third-order valence-electron chi connectivity index (χ3n) is 3.61. The van der Waals surface area contributed by atoms with E-state index in [0.29, 0.717) is 0 Å². The molecule has 6 nitrogen and oxygen atoms in total. The smallest absolute Gasteiger partial charge is 0.261 e. The summed E-state index contributed by atoms with van der Waals surface area (Å²) in [6.07, 6.45) is 1.86. The number of aryl methyl sites for hydroxylation is 1. The van der Waals surface area contributed by atoms with Crippen LogP contribution in [0.4, 0.5) is 5.69 Å². The van der Waals surface area contributed by atoms with E-state index >= 15 is 0 Å². The van der Waals surface area contributed by atoms with Gasteiger partial charge in [-0.3, -0.25) is 4.72 Å². The molecule has 8 heteroatoms. The van der Waals surface area contributed by atoms with Crippen molar-refractivity contribution >= 4 is 25.7 Å². The van der Waals surface area contributed by atoms with Gasteiger partial charge in [0.05, 0.1) is 15.5 Å². The van der Waals surface area contributed by atoms with Crippen molar-refractivity contribution in [1.82, 2.24) is 4.72 Å². The lowest BCUT2D eigenvalue weighted by Crippen LogP contribution is -2.40. The maximum atomic E-state index is 12.6. The zero-order valence-corrected chi connectivity index (χ0v) is 17.6. The molecule has 0 aliphatic rings. The minimum atomic E-state index is -3.81. The van der Waals surface area contributed by atoms with E-state index in [1.54, 1.807) is 45.0 Å². The normalized spacial score (nSPS) is 12.7. The zero-order valence-electron chi connectivity index (χ0n) is 16.0. The highest BCUT2D eigenvalue weighted by atomic mass is 32.2. The molecule has 0 fully saturated rings. The number of hydrogen-bond acceptors (Lipinski definition) is 4. The fourth-order valence-corrected chi connectivity index (χ4v) is 5.04. The molecular weight excluding hydrogens is 384 g/mol. The standard InChI is InChI=1S/C19H26N2O4S2/c1-5-7-15-10-12-17(13-11-15)26(22,23)20-16-8-6-9-18(14-16)27(24,25)21-19(2,3)4/h6,8-14,20-21H,5,7H2,1-4H3. The minimum Gasteiger partial charge on any atom is -0.280 e. The molecule has 0 unspecified atom stereocenters. The summed E-state index contributed by atoms with van der Waals surface area (Å²) in [5.74, 6) is 0. The second kappa shape index (κ2) is 8.00. The number of rotatable bonds is 7. The first kappa shape index (κ1) is 21.4. The molecule has 0 amide bonds. The molecule has 0 saturated carbocycles. The van der Waals surface area contributed by atoms with Gasteiger partial charge >= 0.3 is 0 Å². The van der Waals surface area contributed by atoms with E-state index in [4.69, 9.17) is 0 Å². The van der Waals surface area contributed by atoms with Gasteiger partial charge in [0.25, 0.3) is 10.0 Å². The Labute approximate surface area is 162 Å². The summed E-state index contributed by atoms with van der Waals surface area (Å²) in [4.78, 5) is 0.124. The van der Waals surface area contributed by atoms with Crippen LogP contribution < -0.4 is 9.44 Å². The minimum absolute atomic E-state index is 0.00378. The molecule has 0 bridgehead atoms. The topological polar surface area (TPSA) is 92.3 Å². The molecule has 0 aromatic heterocycles. The summed E-state index contributed by atoms with van der Waals surface area (Å²) in [6.45, 7) is 7.26. The lowest BCUT2D eigenvalue weighted by atomic mass is 10.1. The number of nitrogens with one attached hydrogen (secondary N) is 2. The van der Waals surface area contributed by atoms with Gasteiger partial charge in [-0.1, -0.05) is 31.5 Å². The first-order chi connectivity index (χ1) is 12.4. The maximum absolute atomic E-state index is 12.6. The van der Waals surface area contributed by atoms with Crippen molar-refractivity contribution < 1.29 is 16.8 Å². The maximum Gasteiger partial charge on any atom is 0.261 e. The summed E-state index contributed by atoms with van der Waals surface area (Å²) in [5, 5.41) is 0. The molecule has 0 aliphatic carbocycles. The van der Waals surface area contributed by atoms with Crippen molar-refractivity contribution in [3.63, 3.8) is 0 Å². The van der Waals surface area contributed by atoms with Gasteiger partial charge in [0.1, 0.15) is 0 Å². The molecule has 0 aliphatic heterocycles. The summed E-state index contributed by atoms with van der Waals surface area (Å²) in [6, 6.07) is 12.4. The van der Waals surface area contributed by atoms with E-state index in [1.807, 2.05) is 0 Å². The van der Waals surface area contributed by atoms with Crippen LogP contribution in [0.15, 0.2) is 58.3 Å². The van der Waals surface area contributed by atoms with Gasteiger partial charge < -0.3 is 0 Å². The van der Waals surface area contributed by atoms with Crippen LogP contribution in [0.2, 0.25) is 0 Å². The Morgan fingerprint density at radius 1 is 0.852 bits per heavy atom. The average molecular weight is 411 g/mol. The third-order valence-corrected chi connectivity index (χ3v) is 6.76. The average Bonchev–Trinajstić information content (AvgIpc) is 2.53. The van der Waals surface area contributed by atoms with Gasteiger partial charge in [0.15, 0.2) is 0 Å². The van der Waals surface area contributed by atoms with Crippen LogP contribution in [0, 0.1) is 0 Å². The van der Waals surface area contributed by atoms with Gasteiger partial charge in [-0.15, -0.1) is 0 Å². The Bertz CT molecular complexity index is 991. The lowest BCUT2D eigenvalue weighted by molar-refractivity contribution is 0.491. The van der Waals surface area contributed by atoms with Crippen LogP contribution in [-0.2, 0) is 26.5 Å². The number of benzene rings is 2. The second-order valence-electron chi connectivity index (χ2n) is 7.38. The first-order valence-corrected chi connectivity index (χ1v) is 11.7. The van der Waals surface area contributed by atoms with E-state index < -0.39 is 25.6 Å². The number of anilines is 1. The molecular formula is C19H26N2O4S2. The van der Waals surface area contributed by atoms with Crippen molar-refractivity contribution in [2.45, 2.75) is 55.9 Å². The Hall–Kier alpha value is -1.90. The Kier molecular flexibility index (Phi) is 6.34. The fraction of sp³-hybridized carbons (Fsp3) is 0.368. The lowest BCUT2D eigenvalue weighted by Gasteiger charge is -2.20. The van der Waals surface area contributed by atoms with Gasteiger partial charge in [0, 0.05) is 5.54 Å². The van der Waals surface area contributed by atoms with Crippen molar-refractivity contribution in [3.05, 3.63) is 54.1 Å². The van der Waals surface area contributed by atoms with Crippen molar-refractivity contribution in [1.29, 1.82) is 0 Å². The molecule has 27 heavy (non-hydrogen) atoms. The van der Waals surface area contributed by atoms with Crippen LogP contribution >= 0.6 is 0 Å². The quantitative estimate of drug-likeness (QED) is 0.730. The Morgan fingerprint density at radius 3 is 2.04 bits per heavy atom. The summed E-state index contributed by atoms with van der Waals surface area (Å²) in [7, 11) is -7.57. The predicted octanol–water partition coefficient (Wildman–Crippen LogP) is 3.52. The summed E-state index contributed by atoms with van der Waals surface area (Å²) >= 11 is 0. The van der Waals surface area contributed by atoms with E-state index in [9.17, 15) is 16.8 Å². The van der Waals surface area contributed by atoms with Gasteiger partial charge in [-0.05, 0) is 63.1 Å². The highest BCUT2D eigenvalue weighted by molar-refractivity contribution is 7.92. The number of hydrogen-bond donors (Lipinski definition) is 2. The third kappa shape index (κ3) is 6.05. The van der Waals surface area contributed by atoms with Crippen molar-refractivity contribution in [3.8, 4) is 0 Å². The summed E-state index contributed by atoms with van der Waals surface area (Å²) < 4.78 is 55.0. The van der Waals surface area contributed by atoms with Crippen LogP contribution in [-0.4, -0.2) is 22.4 Å². The van der Waals surface area contributed by atoms with Crippen LogP contribution in [0.3, 0.4) is 0 Å². The predicted molar refractivity (Wildman–Crippen MR) is 108 cm³/mol. The van der Waals surface area contributed by atoms with E-state index in [-0.39, 0.29) is 15.5 Å². The monoisotopic (exact) mass is 410 g/mol. The second-order valence-corrected chi connectivity index (χ2v) is 10.7. The molecule has 2 aromatic rings. The fourth-order valence-electron chi connectivity index (χ4n) is 2.53. The molecule has 2 aromatic carbocycles. The van der Waals surface area contributed by atoms with Crippen LogP contribution in [0.1, 0.15) is 39.7 Å². The molecule has 0 heterocycles. The van der Waals surface area contributed by atoms with Crippen LogP contribution in [0.25, 0.3) is 0 Å². The number of sulfonamides is 2. The van der Waals surface area contributed by atoms with Crippen molar-refractivity contribution in [2.24, 2.45) is 0 Å². The van der Waals surface area contributed by atoms with Gasteiger partial charge in [-0.2, -0.15) is 0 Å². The zero-order chi connectivity index (χ0) is 20.3. The molecule has 2 rings (SSSR count). The first-order valence-electron chi connectivity index (χ1n) is 8.69. The van der Waals surface area contributed by atoms with E-state index in [0.717, 1.165) is 18.4 Å². The highest BCUT2D eigenvalue weighted by Gasteiger charge is 2.23. The van der Waals surface area contributed by atoms with Gasteiger partial charge in [0.2, 0.25) is 10.0 Å². The molecule has 0 atom stereocenters. The van der Waals surface area contributed by atoms with Gasteiger partial charge in [-0.25, -0.2) is 21.6 Å².